The molecule has 1 fully saturated rings. The molecule has 0 radical (unpaired) electrons. The van der Waals surface area contributed by atoms with Crippen molar-refractivity contribution in [3.63, 3.8) is 0 Å². The first kappa shape index (κ1) is 18.2. The van der Waals surface area contributed by atoms with Crippen LogP contribution in [0, 0.1) is 0 Å². The smallest absolute Gasteiger partial charge is 0.319 e. The third kappa shape index (κ3) is 3.03. The molecule has 2 aliphatic rings. The summed E-state index contributed by atoms with van der Waals surface area (Å²) in [5.41, 5.74) is 0.100. The van der Waals surface area contributed by atoms with Gasteiger partial charge < -0.3 is 5.32 Å². The number of nitrogens with zero attached hydrogens (tertiary/aromatic N) is 1. The maximum absolute atomic E-state index is 13.1. The van der Waals surface area contributed by atoms with Crippen LogP contribution in [0.1, 0.15) is 23.3 Å². The van der Waals surface area contributed by atoms with Gasteiger partial charge in [0.25, 0.3) is 5.91 Å². The van der Waals surface area contributed by atoms with Gasteiger partial charge in [0.05, 0.1) is 5.02 Å². The Morgan fingerprint density at radius 2 is 2.12 bits per heavy atom. The van der Waals surface area contributed by atoms with E-state index in [4.69, 9.17) is 23.2 Å². The van der Waals surface area contributed by atoms with Crippen LogP contribution in [-0.4, -0.2) is 29.1 Å². The van der Waals surface area contributed by atoms with Crippen LogP contribution in [0.2, 0.25) is 10.0 Å². The Hall–Kier alpha value is -1.21. The molecule has 1 saturated heterocycles. The number of fused-ring (bicyclic) bond motifs is 2. The molecule has 26 heavy (non-hydrogen) atoms. The van der Waals surface area contributed by atoms with Gasteiger partial charge in [-0.1, -0.05) is 23.2 Å². The van der Waals surface area contributed by atoms with Crippen molar-refractivity contribution in [1.29, 1.82) is 0 Å². The predicted octanol–water partition coefficient (Wildman–Crippen LogP) is 4.93. The standard InChI is InChI=1S/C18H16Cl2N2O2S2/c19-11-3-4-13(20)15(10-11)26-9-7-22-16(23)18(21-17(22)24)6-1-2-14-12(18)5-8-25-14/h3-5,8,10H,1-2,6-7,9H2,(H,21,24)/t18-/m0/s1. The van der Waals surface area contributed by atoms with Crippen LogP contribution in [0.5, 0.6) is 0 Å². The second-order valence-corrected chi connectivity index (χ2v) is 9.31. The van der Waals surface area contributed by atoms with Gasteiger partial charge in [-0.25, -0.2) is 4.79 Å². The largest absolute Gasteiger partial charge is 0.325 e. The Kier molecular flexibility index (Phi) is 4.94. The SMILES string of the molecule is O=C1N[C@]2(CCCc3sccc32)C(=O)N1CCSc1cc(Cl)ccc1Cl. The summed E-state index contributed by atoms with van der Waals surface area (Å²) in [5, 5.41) is 6.19. The summed E-state index contributed by atoms with van der Waals surface area (Å²) >= 11 is 15.3. The summed E-state index contributed by atoms with van der Waals surface area (Å²) in [6, 6.07) is 6.93. The van der Waals surface area contributed by atoms with Gasteiger partial charge in [0.1, 0.15) is 5.54 Å². The minimum atomic E-state index is -0.872. The highest BCUT2D eigenvalue weighted by Gasteiger charge is 2.54. The Labute approximate surface area is 169 Å². The highest BCUT2D eigenvalue weighted by atomic mass is 35.5. The average molecular weight is 427 g/mol. The fourth-order valence-corrected chi connectivity index (χ4v) is 6.01. The maximum atomic E-state index is 13.1. The zero-order chi connectivity index (χ0) is 18.3. The number of halogens is 2. The van der Waals surface area contributed by atoms with Crippen LogP contribution in [-0.2, 0) is 16.8 Å². The number of imide groups is 1. The lowest BCUT2D eigenvalue weighted by atomic mass is 9.80. The van der Waals surface area contributed by atoms with Crippen molar-refractivity contribution < 1.29 is 9.59 Å². The molecule has 1 N–H and O–H groups in total. The van der Waals surface area contributed by atoms with Gasteiger partial charge in [-0.2, -0.15) is 0 Å². The van der Waals surface area contributed by atoms with Crippen LogP contribution in [0.3, 0.4) is 0 Å². The molecule has 0 bridgehead atoms. The number of thiophene rings is 1. The Morgan fingerprint density at radius 1 is 1.27 bits per heavy atom. The first-order valence-electron chi connectivity index (χ1n) is 8.30. The van der Waals surface area contributed by atoms with Crippen LogP contribution in [0.15, 0.2) is 34.5 Å². The summed E-state index contributed by atoms with van der Waals surface area (Å²) in [5.74, 6) is 0.422. The summed E-state index contributed by atoms with van der Waals surface area (Å²) in [7, 11) is 0. The molecule has 8 heteroatoms. The molecule has 1 aromatic heterocycles. The molecule has 2 aromatic rings. The van der Waals surface area contributed by atoms with Crippen molar-refractivity contribution in [1.82, 2.24) is 10.2 Å². The number of hydrogen-bond acceptors (Lipinski definition) is 4. The van der Waals surface area contributed by atoms with E-state index in [-0.39, 0.29) is 11.9 Å². The highest BCUT2D eigenvalue weighted by molar-refractivity contribution is 7.99. The number of urea groups is 1. The number of nitrogens with one attached hydrogen (secondary N) is 1. The van der Waals surface area contributed by atoms with E-state index in [0.29, 0.717) is 28.8 Å². The van der Waals surface area contributed by atoms with Gasteiger partial charge in [0.2, 0.25) is 0 Å². The molecule has 1 atom stereocenters. The first-order chi connectivity index (χ1) is 12.5. The molecule has 1 aromatic carbocycles. The molecule has 1 spiro atoms. The van der Waals surface area contributed by atoms with E-state index >= 15 is 0 Å². The second kappa shape index (κ2) is 7.08. The molecule has 4 nitrogen and oxygen atoms in total. The fraction of sp³-hybridized carbons (Fsp3) is 0.333. The van der Waals surface area contributed by atoms with E-state index in [2.05, 4.69) is 5.32 Å². The zero-order valence-electron chi connectivity index (χ0n) is 13.8. The lowest BCUT2D eigenvalue weighted by Gasteiger charge is -2.31. The van der Waals surface area contributed by atoms with Gasteiger partial charge in [-0.05, 0) is 48.9 Å². The molecule has 4 rings (SSSR count). The van der Waals surface area contributed by atoms with E-state index < -0.39 is 5.54 Å². The number of aryl methyl sites for hydroxylation is 1. The van der Waals surface area contributed by atoms with E-state index in [1.165, 1.54) is 21.5 Å². The van der Waals surface area contributed by atoms with Gasteiger partial charge >= 0.3 is 6.03 Å². The van der Waals surface area contributed by atoms with Crippen molar-refractivity contribution in [2.45, 2.75) is 29.7 Å². The summed E-state index contributed by atoms with van der Waals surface area (Å²) in [4.78, 5) is 29.0. The van der Waals surface area contributed by atoms with Gasteiger partial charge in [-0.3, -0.25) is 9.69 Å². The number of hydrogen-bond donors (Lipinski definition) is 1. The molecular formula is C18H16Cl2N2O2S2. The molecule has 136 valence electrons. The fourth-order valence-electron chi connectivity index (χ4n) is 3.58. The lowest BCUT2D eigenvalue weighted by Crippen LogP contribution is -2.46. The quantitative estimate of drug-likeness (QED) is 0.556. The van der Waals surface area contributed by atoms with E-state index in [0.717, 1.165) is 23.3 Å². The highest BCUT2D eigenvalue weighted by Crippen LogP contribution is 2.42. The number of benzene rings is 1. The lowest BCUT2D eigenvalue weighted by molar-refractivity contribution is -0.132. The van der Waals surface area contributed by atoms with Crippen molar-refractivity contribution >= 4 is 58.2 Å². The molecule has 1 aliphatic heterocycles. The third-order valence-corrected chi connectivity index (χ3v) is 7.50. The van der Waals surface area contributed by atoms with Crippen LogP contribution >= 0.6 is 46.3 Å². The van der Waals surface area contributed by atoms with E-state index in [1.54, 1.807) is 29.5 Å². The number of carbonyl (C=O) groups excluding carboxylic acids is 2. The molecule has 2 heterocycles. The van der Waals surface area contributed by atoms with Crippen molar-refractivity contribution in [2.24, 2.45) is 0 Å². The molecule has 3 amide bonds. The van der Waals surface area contributed by atoms with Crippen molar-refractivity contribution in [2.75, 3.05) is 12.3 Å². The summed E-state index contributed by atoms with van der Waals surface area (Å²) in [6.07, 6.45) is 2.53. The number of rotatable bonds is 4. The maximum Gasteiger partial charge on any atom is 0.325 e. The van der Waals surface area contributed by atoms with Crippen molar-refractivity contribution in [3.05, 3.63) is 50.1 Å². The number of amides is 3. The van der Waals surface area contributed by atoms with E-state index in [9.17, 15) is 9.59 Å². The van der Waals surface area contributed by atoms with Gasteiger partial charge in [-0.15, -0.1) is 23.1 Å². The Morgan fingerprint density at radius 3 is 2.96 bits per heavy atom. The molecule has 0 saturated carbocycles. The predicted molar refractivity (Wildman–Crippen MR) is 106 cm³/mol. The first-order valence-corrected chi connectivity index (χ1v) is 10.9. The second-order valence-electron chi connectivity index (χ2n) is 6.33. The molecular weight excluding hydrogens is 411 g/mol. The van der Waals surface area contributed by atoms with Crippen LogP contribution in [0.25, 0.3) is 0 Å². The molecule has 0 unspecified atom stereocenters. The third-order valence-electron chi connectivity index (χ3n) is 4.80. The number of carbonyl (C=O) groups is 2. The topological polar surface area (TPSA) is 49.4 Å². The minimum absolute atomic E-state index is 0.139. The Bertz CT molecular complexity index is 886. The summed E-state index contributed by atoms with van der Waals surface area (Å²) < 4.78 is 0. The van der Waals surface area contributed by atoms with Crippen LogP contribution in [0.4, 0.5) is 4.79 Å². The number of thioether (sulfide) groups is 1. The Balaban J connectivity index is 1.48. The average Bonchev–Trinajstić information content (AvgIpc) is 3.18. The normalized spacial score (nSPS) is 22.0. The van der Waals surface area contributed by atoms with E-state index in [1.807, 2.05) is 11.4 Å². The van der Waals surface area contributed by atoms with Gasteiger partial charge in [0.15, 0.2) is 0 Å². The van der Waals surface area contributed by atoms with Crippen LogP contribution < -0.4 is 5.32 Å². The molecule has 1 aliphatic carbocycles. The summed E-state index contributed by atoms with van der Waals surface area (Å²) in [6.45, 7) is 0.333. The van der Waals surface area contributed by atoms with Gasteiger partial charge in [0, 0.05) is 32.7 Å². The minimum Gasteiger partial charge on any atom is -0.319 e. The van der Waals surface area contributed by atoms with Crippen molar-refractivity contribution in [3.8, 4) is 0 Å². The zero-order valence-corrected chi connectivity index (χ0v) is 16.9. The monoisotopic (exact) mass is 426 g/mol.